The normalized spacial score (nSPS) is 12.2. The number of aliphatic hydroxyl groups is 1. The maximum Gasteiger partial charge on any atom is 0.0976 e. The minimum atomic E-state index is -0.670. The fraction of sp³-hybridized carbons (Fsp3) is 0.143. The molecule has 0 radical (unpaired) electrons. The number of hydrogen-bond acceptors (Lipinski definition) is 2. The van der Waals surface area contributed by atoms with Crippen molar-refractivity contribution < 1.29 is 5.11 Å². The van der Waals surface area contributed by atoms with Gasteiger partial charge in [-0.2, -0.15) is 0 Å². The van der Waals surface area contributed by atoms with Gasteiger partial charge in [0.05, 0.1) is 6.10 Å². The SMILES string of the molecule is OC(CNc1ccc(Cl)cc1Br)c1ccccc1Cl. The summed E-state index contributed by atoms with van der Waals surface area (Å²) in [4.78, 5) is 0. The predicted octanol–water partition coefficient (Wildman–Crippen LogP) is 4.90. The van der Waals surface area contributed by atoms with Crippen LogP contribution in [0.1, 0.15) is 11.7 Å². The Bertz CT molecular complexity index is 577. The third kappa shape index (κ3) is 3.86. The van der Waals surface area contributed by atoms with E-state index in [1.807, 2.05) is 24.3 Å². The van der Waals surface area contributed by atoms with Crippen molar-refractivity contribution in [3.05, 3.63) is 62.5 Å². The zero-order valence-electron chi connectivity index (χ0n) is 9.91. The molecule has 19 heavy (non-hydrogen) atoms. The van der Waals surface area contributed by atoms with Crippen molar-refractivity contribution in [2.75, 3.05) is 11.9 Å². The van der Waals surface area contributed by atoms with Gasteiger partial charge in [0.15, 0.2) is 0 Å². The molecule has 0 aromatic heterocycles. The molecule has 0 aliphatic carbocycles. The van der Waals surface area contributed by atoms with E-state index in [1.165, 1.54) is 0 Å². The minimum Gasteiger partial charge on any atom is -0.387 e. The Labute approximate surface area is 130 Å². The van der Waals surface area contributed by atoms with Gasteiger partial charge in [0.25, 0.3) is 0 Å². The lowest BCUT2D eigenvalue weighted by Gasteiger charge is -2.15. The number of benzene rings is 2. The van der Waals surface area contributed by atoms with Crippen molar-refractivity contribution in [3.8, 4) is 0 Å². The van der Waals surface area contributed by atoms with Crippen LogP contribution < -0.4 is 5.32 Å². The highest BCUT2D eigenvalue weighted by Gasteiger charge is 2.11. The van der Waals surface area contributed by atoms with Crippen molar-refractivity contribution in [1.82, 2.24) is 0 Å². The van der Waals surface area contributed by atoms with Crippen molar-refractivity contribution in [3.63, 3.8) is 0 Å². The summed E-state index contributed by atoms with van der Waals surface area (Å²) in [6.07, 6.45) is -0.670. The molecular weight excluding hydrogens is 349 g/mol. The second-order valence-electron chi connectivity index (χ2n) is 4.04. The molecule has 0 fully saturated rings. The molecule has 2 nitrogen and oxygen atoms in total. The molecule has 2 aromatic carbocycles. The second kappa shape index (κ2) is 6.62. The summed E-state index contributed by atoms with van der Waals surface area (Å²) in [5.74, 6) is 0. The van der Waals surface area contributed by atoms with E-state index in [9.17, 15) is 5.11 Å². The second-order valence-corrected chi connectivity index (χ2v) is 5.74. The highest BCUT2D eigenvalue weighted by Crippen LogP contribution is 2.27. The standard InChI is InChI=1S/C14H12BrCl2NO/c15-11-7-9(16)5-6-13(11)18-8-14(19)10-3-1-2-4-12(10)17/h1-7,14,18-19H,8H2. The molecule has 2 N–H and O–H groups in total. The third-order valence-corrected chi connectivity index (χ3v) is 3.92. The average Bonchev–Trinajstić information content (AvgIpc) is 2.38. The average molecular weight is 361 g/mol. The van der Waals surface area contributed by atoms with Gasteiger partial charge in [-0.25, -0.2) is 0 Å². The van der Waals surface area contributed by atoms with Crippen molar-refractivity contribution in [1.29, 1.82) is 0 Å². The van der Waals surface area contributed by atoms with E-state index in [2.05, 4.69) is 21.2 Å². The van der Waals surface area contributed by atoms with Crippen LogP contribution in [0.2, 0.25) is 10.0 Å². The summed E-state index contributed by atoms with van der Waals surface area (Å²) in [6.45, 7) is 0.365. The Balaban J connectivity index is 2.04. The van der Waals surface area contributed by atoms with Gasteiger partial charge >= 0.3 is 0 Å². The van der Waals surface area contributed by atoms with Gasteiger partial charge < -0.3 is 10.4 Å². The Morgan fingerprint density at radius 2 is 1.89 bits per heavy atom. The Hall–Kier alpha value is -0.740. The van der Waals surface area contributed by atoms with Crippen LogP contribution in [0.3, 0.4) is 0 Å². The van der Waals surface area contributed by atoms with Gasteiger partial charge in [-0.1, -0.05) is 41.4 Å². The molecule has 0 aliphatic rings. The smallest absolute Gasteiger partial charge is 0.0976 e. The molecule has 100 valence electrons. The number of halogens is 3. The van der Waals surface area contributed by atoms with Crippen LogP contribution in [0.5, 0.6) is 0 Å². The van der Waals surface area contributed by atoms with E-state index < -0.39 is 6.10 Å². The Morgan fingerprint density at radius 1 is 1.16 bits per heavy atom. The molecule has 0 spiro atoms. The van der Waals surface area contributed by atoms with Crippen LogP contribution in [-0.4, -0.2) is 11.7 Å². The lowest BCUT2D eigenvalue weighted by atomic mass is 10.1. The lowest BCUT2D eigenvalue weighted by Crippen LogP contribution is -2.12. The fourth-order valence-electron chi connectivity index (χ4n) is 1.69. The first-order valence-electron chi connectivity index (χ1n) is 5.69. The minimum absolute atomic E-state index is 0.365. The monoisotopic (exact) mass is 359 g/mol. The molecule has 2 rings (SSSR count). The first-order valence-corrected chi connectivity index (χ1v) is 7.24. The molecule has 1 atom stereocenters. The van der Waals surface area contributed by atoms with Gasteiger partial charge in [0.1, 0.15) is 0 Å². The Kier molecular flexibility index (Phi) is 5.11. The predicted molar refractivity (Wildman–Crippen MR) is 84.1 cm³/mol. The molecule has 0 saturated carbocycles. The highest BCUT2D eigenvalue weighted by molar-refractivity contribution is 9.10. The van der Waals surface area contributed by atoms with Crippen LogP contribution in [0.25, 0.3) is 0 Å². The summed E-state index contributed by atoms with van der Waals surface area (Å²) in [5, 5.41) is 14.5. The molecule has 0 amide bonds. The topological polar surface area (TPSA) is 32.3 Å². The van der Waals surface area contributed by atoms with Crippen molar-refractivity contribution in [2.24, 2.45) is 0 Å². The van der Waals surface area contributed by atoms with Crippen molar-refractivity contribution >= 4 is 44.8 Å². The van der Waals surface area contributed by atoms with Crippen LogP contribution in [0.4, 0.5) is 5.69 Å². The van der Waals surface area contributed by atoms with Crippen LogP contribution in [-0.2, 0) is 0 Å². The molecule has 2 aromatic rings. The Morgan fingerprint density at radius 3 is 2.58 bits per heavy atom. The van der Waals surface area contributed by atoms with Crippen LogP contribution in [0, 0.1) is 0 Å². The van der Waals surface area contributed by atoms with E-state index in [-0.39, 0.29) is 0 Å². The summed E-state index contributed by atoms with van der Waals surface area (Å²) in [6, 6.07) is 12.7. The largest absolute Gasteiger partial charge is 0.387 e. The highest BCUT2D eigenvalue weighted by atomic mass is 79.9. The van der Waals surface area contributed by atoms with Crippen LogP contribution in [0.15, 0.2) is 46.9 Å². The summed E-state index contributed by atoms with van der Waals surface area (Å²) in [7, 11) is 0. The summed E-state index contributed by atoms with van der Waals surface area (Å²) in [5.41, 5.74) is 1.58. The number of hydrogen-bond donors (Lipinski definition) is 2. The van der Waals surface area contributed by atoms with E-state index in [0.717, 1.165) is 10.2 Å². The molecular formula is C14H12BrCl2NO. The number of anilines is 1. The molecule has 5 heteroatoms. The maximum absolute atomic E-state index is 10.1. The summed E-state index contributed by atoms with van der Waals surface area (Å²) < 4.78 is 0.853. The summed E-state index contributed by atoms with van der Waals surface area (Å²) >= 11 is 15.3. The van der Waals surface area contributed by atoms with Crippen LogP contribution >= 0.6 is 39.1 Å². The van der Waals surface area contributed by atoms with E-state index in [0.29, 0.717) is 22.2 Å². The van der Waals surface area contributed by atoms with Gasteiger partial charge in [0, 0.05) is 32.3 Å². The molecule has 0 heterocycles. The molecule has 0 bridgehead atoms. The fourth-order valence-corrected chi connectivity index (χ4v) is 2.78. The zero-order valence-corrected chi connectivity index (χ0v) is 13.0. The zero-order chi connectivity index (χ0) is 13.8. The number of rotatable bonds is 4. The van der Waals surface area contributed by atoms with Gasteiger partial charge in [0.2, 0.25) is 0 Å². The van der Waals surface area contributed by atoms with Gasteiger partial charge in [-0.15, -0.1) is 0 Å². The van der Waals surface area contributed by atoms with E-state index >= 15 is 0 Å². The number of nitrogens with one attached hydrogen (secondary N) is 1. The number of aliphatic hydroxyl groups excluding tert-OH is 1. The lowest BCUT2D eigenvalue weighted by molar-refractivity contribution is 0.191. The third-order valence-electron chi connectivity index (χ3n) is 2.68. The molecule has 1 unspecified atom stereocenters. The van der Waals surface area contributed by atoms with Crippen molar-refractivity contribution in [2.45, 2.75) is 6.10 Å². The maximum atomic E-state index is 10.1. The van der Waals surface area contributed by atoms with E-state index in [4.69, 9.17) is 23.2 Å². The van der Waals surface area contributed by atoms with Gasteiger partial charge in [-0.05, 0) is 40.2 Å². The first-order chi connectivity index (χ1) is 9.08. The molecule has 0 saturated heterocycles. The van der Waals surface area contributed by atoms with E-state index in [1.54, 1.807) is 18.2 Å². The molecule has 0 aliphatic heterocycles. The van der Waals surface area contributed by atoms with Gasteiger partial charge in [-0.3, -0.25) is 0 Å². The quantitative estimate of drug-likeness (QED) is 0.812. The first kappa shape index (κ1) is 14.7.